The average molecular weight is 342 g/mol. The van der Waals surface area contributed by atoms with Crippen LogP contribution in [-0.2, 0) is 4.84 Å². The zero-order valence-corrected chi connectivity index (χ0v) is 16.8. The minimum absolute atomic E-state index is 0.763. The van der Waals surface area contributed by atoms with Gasteiger partial charge in [-0.25, -0.2) is 4.84 Å². The Morgan fingerprint density at radius 2 is 1.30 bits per heavy atom. The summed E-state index contributed by atoms with van der Waals surface area (Å²) in [5, 5.41) is 0. The molecule has 1 aromatic carbocycles. The first kappa shape index (κ1) is 20.1. The van der Waals surface area contributed by atoms with E-state index in [1.165, 1.54) is 5.56 Å². The van der Waals surface area contributed by atoms with Crippen LogP contribution in [0, 0.1) is 6.92 Å². The molecule has 1 rings (SSSR count). The van der Waals surface area contributed by atoms with E-state index in [-0.39, 0.29) is 0 Å². The molecular formula is C16H31N4O2P. The SMILES string of the molecule is Cc1ccc(OC(C)(C)ON=P(N(C)C)(N(C)C)N(C)C)cc1. The van der Waals surface area contributed by atoms with Gasteiger partial charge in [0.25, 0.3) is 0 Å². The second kappa shape index (κ2) is 7.77. The second-order valence-corrected chi connectivity index (χ2v) is 10.2. The summed E-state index contributed by atoms with van der Waals surface area (Å²) in [6, 6.07) is 7.90. The molecule has 0 aliphatic carbocycles. The fraction of sp³-hybridized carbons (Fsp3) is 0.625. The van der Waals surface area contributed by atoms with E-state index in [9.17, 15) is 0 Å². The molecule has 7 heteroatoms. The van der Waals surface area contributed by atoms with Gasteiger partial charge in [-0.3, -0.25) is 14.0 Å². The van der Waals surface area contributed by atoms with Crippen LogP contribution in [0.25, 0.3) is 0 Å². The quantitative estimate of drug-likeness (QED) is 0.429. The number of rotatable bonds is 7. The smallest absolute Gasteiger partial charge is 0.230 e. The molecule has 0 radical (unpaired) electrons. The van der Waals surface area contributed by atoms with E-state index in [4.69, 9.17) is 9.57 Å². The maximum absolute atomic E-state index is 5.94. The lowest BCUT2D eigenvalue weighted by atomic mass is 10.2. The summed E-state index contributed by atoms with van der Waals surface area (Å²) in [7, 11) is 9.95. The van der Waals surface area contributed by atoms with Gasteiger partial charge in [-0.05, 0) is 61.3 Å². The largest absolute Gasteiger partial charge is 0.461 e. The Bertz CT molecular complexity index is 525. The highest BCUT2D eigenvalue weighted by atomic mass is 31.2. The lowest BCUT2D eigenvalue weighted by molar-refractivity contribution is -0.155. The summed E-state index contributed by atoms with van der Waals surface area (Å²) in [5.74, 6) is -0.0954. The molecule has 0 amide bonds. The highest BCUT2D eigenvalue weighted by Gasteiger charge is 2.31. The molecule has 0 unspecified atom stereocenters. The molecule has 0 aromatic heterocycles. The monoisotopic (exact) mass is 342 g/mol. The molecule has 0 aliphatic heterocycles. The van der Waals surface area contributed by atoms with Gasteiger partial charge in [-0.15, -0.1) is 4.91 Å². The molecule has 0 saturated carbocycles. The lowest BCUT2D eigenvalue weighted by Gasteiger charge is -2.40. The summed E-state index contributed by atoms with van der Waals surface area (Å²) < 4.78 is 12.2. The van der Waals surface area contributed by atoms with Crippen LogP contribution < -0.4 is 4.74 Å². The predicted molar refractivity (Wildman–Crippen MR) is 97.4 cm³/mol. The summed E-state index contributed by atoms with van der Waals surface area (Å²) in [6.07, 6.45) is 0. The van der Waals surface area contributed by atoms with E-state index < -0.39 is 13.3 Å². The first-order valence-electron chi connectivity index (χ1n) is 7.60. The minimum atomic E-state index is -2.10. The normalized spacial score (nSPS) is 13.0. The first-order valence-corrected chi connectivity index (χ1v) is 9.20. The van der Waals surface area contributed by atoms with Crippen LogP contribution in [0.15, 0.2) is 29.2 Å². The zero-order chi connectivity index (χ0) is 17.8. The van der Waals surface area contributed by atoms with Gasteiger partial charge in [0.2, 0.25) is 5.79 Å². The van der Waals surface area contributed by atoms with Crippen molar-refractivity contribution < 1.29 is 9.57 Å². The predicted octanol–water partition coefficient (Wildman–Crippen LogP) is 3.67. The molecule has 0 heterocycles. The van der Waals surface area contributed by atoms with Crippen LogP contribution in [0.2, 0.25) is 0 Å². The number of hydrogen-bond acceptors (Lipinski definition) is 3. The highest BCUT2D eigenvalue weighted by molar-refractivity contribution is 7.58. The molecule has 6 nitrogen and oxygen atoms in total. The molecule has 0 aliphatic rings. The Labute approximate surface area is 141 Å². The number of ether oxygens (including phenoxy) is 1. The number of nitrogens with zero attached hydrogens (tertiary/aromatic N) is 4. The van der Waals surface area contributed by atoms with Crippen LogP contribution in [0.5, 0.6) is 5.75 Å². The molecule has 0 saturated heterocycles. The van der Waals surface area contributed by atoms with Gasteiger partial charge >= 0.3 is 0 Å². The van der Waals surface area contributed by atoms with Crippen LogP contribution in [-0.4, -0.2) is 62.1 Å². The average Bonchev–Trinajstić information content (AvgIpc) is 2.40. The van der Waals surface area contributed by atoms with Crippen LogP contribution in [0.4, 0.5) is 0 Å². The fourth-order valence-corrected chi connectivity index (χ4v) is 5.25. The van der Waals surface area contributed by atoms with Crippen molar-refractivity contribution in [2.24, 2.45) is 4.91 Å². The van der Waals surface area contributed by atoms with Gasteiger partial charge in [-0.2, -0.15) is 0 Å². The van der Waals surface area contributed by atoms with Crippen molar-refractivity contribution in [3.63, 3.8) is 0 Å². The zero-order valence-electron chi connectivity index (χ0n) is 15.9. The van der Waals surface area contributed by atoms with E-state index in [1.54, 1.807) is 0 Å². The maximum Gasteiger partial charge on any atom is 0.230 e. The Balaban J connectivity index is 3.03. The topological polar surface area (TPSA) is 40.5 Å². The van der Waals surface area contributed by atoms with Crippen molar-refractivity contribution >= 4 is 7.51 Å². The van der Waals surface area contributed by atoms with Crippen LogP contribution >= 0.6 is 7.51 Å². The fourth-order valence-electron chi connectivity index (χ4n) is 2.35. The van der Waals surface area contributed by atoms with Gasteiger partial charge in [0, 0.05) is 13.8 Å². The summed E-state index contributed by atoms with van der Waals surface area (Å²) in [5.41, 5.74) is 1.19. The lowest BCUT2D eigenvalue weighted by Crippen LogP contribution is -2.34. The van der Waals surface area contributed by atoms with E-state index >= 15 is 0 Å². The molecule has 0 bridgehead atoms. The Morgan fingerprint density at radius 3 is 1.70 bits per heavy atom. The summed E-state index contributed by atoms with van der Waals surface area (Å²) >= 11 is 0. The van der Waals surface area contributed by atoms with E-state index in [1.807, 2.05) is 87.3 Å². The van der Waals surface area contributed by atoms with Crippen molar-refractivity contribution in [3.8, 4) is 5.75 Å². The third-order valence-corrected chi connectivity index (χ3v) is 6.89. The molecule has 1 aromatic rings. The second-order valence-electron chi connectivity index (χ2n) is 6.57. The molecule has 0 fully saturated rings. The van der Waals surface area contributed by atoms with Crippen LogP contribution in [0.3, 0.4) is 0 Å². The van der Waals surface area contributed by atoms with Crippen molar-refractivity contribution in [3.05, 3.63) is 29.8 Å². The molecule has 23 heavy (non-hydrogen) atoms. The van der Waals surface area contributed by atoms with E-state index in [2.05, 4.69) is 18.9 Å². The Kier molecular flexibility index (Phi) is 6.81. The standard InChI is InChI=1S/C16H31N4O2P/c1-14-10-12-15(13-11-14)21-16(2,3)22-17-23(18(4)5,19(6)7)20(8)9/h10-13H,1-9H3. The molecule has 0 N–H and O–H groups in total. The molecular weight excluding hydrogens is 311 g/mol. The number of aryl methyl sites for hydroxylation is 1. The van der Waals surface area contributed by atoms with Gasteiger partial charge in [0.15, 0.2) is 7.51 Å². The first-order chi connectivity index (χ1) is 10.5. The third kappa shape index (κ3) is 5.03. The summed E-state index contributed by atoms with van der Waals surface area (Å²) in [4.78, 5) is 10.4. The maximum atomic E-state index is 5.94. The van der Waals surface area contributed by atoms with Crippen molar-refractivity contribution in [2.75, 3.05) is 42.3 Å². The Morgan fingerprint density at radius 1 is 0.870 bits per heavy atom. The Hall–Kier alpha value is -0.910. The van der Waals surface area contributed by atoms with Gasteiger partial charge in [0.1, 0.15) is 5.75 Å². The van der Waals surface area contributed by atoms with E-state index in [0.717, 1.165) is 5.75 Å². The summed E-state index contributed by atoms with van der Waals surface area (Å²) in [6.45, 7) is 5.78. The van der Waals surface area contributed by atoms with Crippen LogP contribution in [0.1, 0.15) is 19.4 Å². The van der Waals surface area contributed by atoms with Gasteiger partial charge in [0.05, 0.1) is 0 Å². The van der Waals surface area contributed by atoms with Crippen molar-refractivity contribution in [1.29, 1.82) is 0 Å². The molecule has 0 spiro atoms. The van der Waals surface area contributed by atoms with Gasteiger partial charge < -0.3 is 4.74 Å². The minimum Gasteiger partial charge on any atom is -0.461 e. The number of benzene rings is 1. The van der Waals surface area contributed by atoms with Crippen molar-refractivity contribution in [1.82, 2.24) is 14.0 Å². The third-order valence-electron chi connectivity index (χ3n) is 3.36. The van der Waals surface area contributed by atoms with Crippen molar-refractivity contribution in [2.45, 2.75) is 26.6 Å². The highest BCUT2D eigenvalue weighted by Crippen LogP contribution is 2.55. The van der Waals surface area contributed by atoms with E-state index in [0.29, 0.717) is 0 Å². The van der Waals surface area contributed by atoms with Gasteiger partial charge in [-0.1, -0.05) is 17.7 Å². The molecule has 0 atom stereocenters. The number of hydrogen-bond donors (Lipinski definition) is 0. The molecule has 132 valence electrons.